The summed E-state index contributed by atoms with van der Waals surface area (Å²) in [5.74, 6) is 0.675. The Kier molecular flexibility index (Phi) is 9.17. The standard InChI is InChI=1S/C14H21ClN2O3.ClH/c1-4-20-13-11(15)7-10(8-12(13)19-3)14(18)17-6-5-9(2)16;/h7-9H,4-6,16H2,1-3H3,(H,17,18);1H. The third kappa shape index (κ3) is 5.99. The Morgan fingerprint density at radius 2 is 2.14 bits per heavy atom. The molecule has 0 saturated carbocycles. The molecule has 0 aliphatic rings. The Balaban J connectivity index is 0.00000400. The van der Waals surface area contributed by atoms with E-state index in [1.54, 1.807) is 12.1 Å². The zero-order valence-electron chi connectivity index (χ0n) is 12.4. The van der Waals surface area contributed by atoms with Gasteiger partial charge in [-0.15, -0.1) is 12.4 Å². The van der Waals surface area contributed by atoms with Gasteiger partial charge in [0.25, 0.3) is 5.91 Å². The van der Waals surface area contributed by atoms with Crippen LogP contribution in [-0.4, -0.2) is 32.2 Å². The minimum atomic E-state index is -0.214. The van der Waals surface area contributed by atoms with Gasteiger partial charge in [-0.25, -0.2) is 0 Å². The predicted octanol–water partition coefficient (Wildman–Crippen LogP) is 2.64. The molecular formula is C14H22Cl2N2O3. The van der Waals surface area contributed by atoms with Gasteiger partial charge in [0.15, 0.2) is 11.5 Å². The van der Waals surface area contributed by atoms with Crippen LogP contribution in [0.3, 0.4) is 0 Å². The molecule has 0 saturated heterocycles. The largest absolute Gasteiger partial charge is 0.493 e. The number of carbonyl (C=O) groups is 1. The average Bonchev–Trinajstić information content (AvgIpc) is 2.40. The van der Waals surface area contributed by atoms with Crippen molar-refractivity contribution < 1.29 is 14.3 Å². The van der Waals surface area contributed by atoms with Crippen LogP contribution in [0, 0.1) is 0 Å². The van der Waals surface area contributed by atoms with E-state index < -0.39 is 0 Å². The van der Waals surface area contributed by atoms with Crippen molar-refractivity contribution in [2.24, 2.45) is 5.73 Å². The summed E-state index contributed by atoms with van der Waals surface area (Å²) in [6.45, 7) is 4.73. The van der Waals surface area contributed by atoms with Crippen molar-refractivity contribution in [3.8, 4) is 11.5 Å². The highest BCUT2D eigenvalue weighted by Crippen LogP contribution is 2.36. The van der Waals surface area contributed by atoms with Gasteiger partial charge in [0.2, 0.25) is 0 Å². The second-order valence-electron chi connectivity index (χ2n) is 4.44. The molecule has 3 N–H and O–H groups in total. The van der Waals surface area contributed by atoms with Crippen molar-refractivity contribution in [1.82, 2.24) is 5.32 Å². The summed E-state index contributed by atoms with van der Waals surface area (Å²) in [6, 6.07) is 3.22. The van der Waals surface area contributed by atoms with Gasteiger partial charge in [0, 0.05) is 18.2 Å². The molecule has 7 heteroatoms. The fourth-order valence-electron chi connectivity index (χ4n) is 1.65. The van der Waals surface area contributed by atoms with E-state index in [0.29, 0.717) is 41.7 Å². The lowest BCUT2D eigenvalue weighted by Crippen LogP contribution is -2.29. The Morgan fingerprint density at radius 1 is 1.48 bits per heavy atom. The molecule has 1 aromatic carbocycles. The maximum absolute atomic E-state index is 12.0. The molecule has 0 bridgehead atoms. The lowest BCUT2D eigenvalue weighted by atomic mass is 10.1. The number of nitrogens with two attached hydrogens (primary N) is 1. The number of carbonyl (C=O) groups excluding carboxylic acids is 1. The minimum Gasteiger partial charge on any atom is -0.493 e. The maximum atomic E-state index is 12.0. The number of ether oxygens (including phenoxy) is 2. The van der Waals surface area contributed by atoms with Crippen molar-refractivity contribution in [3.05, 3.63) is 22.7 Å². The molecule has 0 heterocycles. The Hall–Kier alpha value is -1.17. The molecule has 1 amide bonds. The molecule has 1 rings (SSSR count). The van der Waals surface area contributed by atoms with Gasteiger partial charge in [0.05, 0.1) is 18.7 Å². The van der Waals surface area contributed by atoms with Gasteiger partial charge >= 0.3 is 0 Å². The van der Waals surface area contributed by atoms with Gasteiger partial charge in [0.1, 0.15) is 0 Å². The highest BCUT2D eigenvalue weighted by Gasteiger charge is 2.15. The van der Waals surface area contributed by atoms with Gasteiger partial charge in [-0.05, 0) is 32.4 Å². The lowest BCUT2D eigenvalue weighted by Gasteiger charge is -2.13. The second kappa shape index (κ2) is 9.71. The van der Waals surface area contributed by atoms with Crippen LogP contribution in [0.5, 0.6) is 11.5 Å². The summed E-state index contributed by atoms with van der Waals surface area (Å²) in [5.41, 5.74) is 6.06. The van der Waals surface area contributed by atoms with Crippen molar-refractivity contribution in [2.75, 3.05) is 20.3 Å². The topological polar surface area (TPSA) is 73.6 Å². The average molecular weight is 337 g/mol. The molecule has 1 atom stereocenters. The van der Waals surface area contributed by atoms with Crippen LogP contribution < -0.4 is 20.5 Å². The molecule has 0 spiro atoms. The molecule has 0 aromatic heterocycles. The zero-order chi connectivity index (χ0) is 15.1. The van der Waals surface area contributed by atoms with Gasteiger partial charge in [-0.3, -0.25) is 4.79 Å². The van der Waals surface area contributed by atoms with Crippen LogP contribution in [0.15, 0.2) is 12.1 Å². The molecule has 0 aliphatic heterocycles. The normalized spacial score (nSPS) is 11.3. The van der Waals surface area contributed by atoms with Crippen molar-refractivity contribution in [1.29, 1.82) is 0 Å². The summed E-state index contributed by atoms with van der Waals surface area (Å²) in [4.78, 5) is 12.0. The molecule has 1 aromatic rings. The number of hydrogen-bond donors (Lipinski definition) is 2. The van der Waals surface area contributed by atoms with Crippen LogP contribution in [0.4, 0.5) is 0 Å². The predicted molar refractivity (Wildman–Crippen MR) is 87.0 cm³/mol. The number of nitrogens with one attached hydrogen (secondary N) is 1. The third-order valence-corrected chi connectivity index (χ3v) is 2.95. The number of hydrogen-bond acceptors (Lipinski definition) is 4. The van der Waals surface area contributed by atoms with E-state index in [2.05, 4.69) is 5.32 Å². The summed E-state index contributed by atoms with van der Waals surface area (Å²) in [5, 5.41) is 3.14. The molecule has 1 unspecified atom stereocenters. The van der Waals surface area contributed by atoms with Gasteiger partial charge in [-0.1, -0.05) is 11.6 Å². The van der Waals surface area contributed by atoms with E-state index in [1.807, 2.05) is 13.8 Å². The molecule has 5 nitrogen and oxygen atoms in total. The zero-order valence-corrected chi connectivity index (χ0v) is 14.0. The number of amides is 1. The Labute approximate surface area is 136 Å². The Bertz CT molecular complexity index is 468. The first-order valence-corrected chi connectivity index (χ1v) is 6.91. The van der Waals surface area contributed by atoms with Crippen LogP contribution in [-0.2, 0) is 0 Å². The van der Waals surface area contributed by atoms with E-state index in [4.69, 9.17) is 26.8 Å². The first kappa shape index (κ1) is 19.8. The quantitative estimate of drug-likeness (QED) is 0.802. The molecule has 0 radical (unpaired) electrons. The fraction of sp³-hybridized carbons (Fsp3) is 0.500. The SMILES string of the molecule is CCOc1c(Cl)cc(C(=O)NCCC(C)N)cc1OC.Cl. The second-order valence-corrected chi connectivity index (χ2v) is 4.85. The van der Waals surface area contributed by atoms with Crippen LogP contribution >= 0.6 is 24.0 Å². The van der Waals surface area contributed by atoms with E-state index in [1.165, 1.54) is 7.11 Å². The number of rotatable bonds is 7. The highest BCUT2D eigenvalue weighted by atomic mass is 35.5. The van der Waals surface area contributed by atoms with Crippen molar-refractivity contribution >= 4 is 29.9 Å². The monoisotopic (exact) mass is 336 g/mol. The van der Waals surface area contributed by atoms with Gasteiger partial charge < -0.3 is 20.5 Å². The van der Waals surface area contributed by atoms with Gasteiger partial charge in [-0.2, -0.15) is 0 Å². The highest BCUT2D eigenvalue weighted by molar-refractivity contribution is 6.32. The molecular weight excluding hydrogens is 315 g/mol. The summed E-state index contributed by atoms with van der Waals surface area (Å²) in [6.07, 6.45) is 0.716. The molecule has 120 valence electrons. The van der Waals surface area contributed by atoms with Crippen LogP contribution in [0.2, 0.25) is 5.02 Å². The third-order valence-electron chi connectivity index (χ3n) is 2.67. The number of methoxy groups -OCH3 is 1. The molecule has 21 heavy (non-hydrogen) atoms. The van der Waals surface area contributed by atoms with Crippen LogP contribution in [0.1, 0.15) is 30.6 Å². The van der Waals surface area contributed by atoms with Crippen LogP contribution in [0.25, 0.3) is 0 Å². The van der Waals surface area contributed by atoms with E-state index in [-0.39, 0.29) is 24.4 Å². The number of halogens is 2. The van der Waals surface area contributed by atoms with Crippen molar-refractivity contribution in [3.63, 3.8) is 0 Å². The first-order chi connectivity index (χ1) is 9.49. The Morgan fingerprint density at radius 3 is 2.67 bits per heavy atom. The lowest BCUT2D eigenvalue weighted by molar-refractivity contribution is 0.0952. The summed E-state index contributed by atoms with van der Waals surface area (Å²) >= 11 is 6.12. The fourth-order valence-corrected chi connectivity index (χ4v) is 1.92. The van der Waals surface area contributed by atoms with E-state index in [9.17, 15) is 4.79 Å². The van der Waals surface area contributed by atoms with E-state index in [0.717, 1.165) is 0 Å². The summed E-state index contributed by atoms with van der Waals surface area (Å²) < 4.78 is 10.6. The maximum Gasteiger partial charge on any atom is 0.251 e. The molecule has 0 fully saturated rings. The minimum absolute atomic E-state index is 0. The summed E-state index contributed by atoms with van der Waals surface area (Å²) in [7, 11) is 1.51. The van der Waals surface area contributed by atoms with E-state index >= 15 is 0 Å². The number of benzene rings is 1. The van der Waals surface area contributed by atoms with Crippen molar-refractivity contribution in [2.45, 2.75) is 26.3 Å². The molecule has 0 aliphatic carbocycles. The smallest absolute Gasteiger partial charge is 0.251 e. The first-order valence-electron chi connectivity index (χ1n) is 6.53.